The summed E-state index contributed by atoms with van der Waals surface area (Å²) in [6.45, 7) is 5.72. The van der Waals surface area contributed by atoms with E-state index in [1.165, 1.54) is 25.7 Å². The fourth-order valence-electron chi connectivity index (χ4n) is 2.11. The second kappa shape index (κ2) is 4.95. The van der Waals surface area contributed by atoms with E-state index < -0.39 is 0 Å². The standard InChI is InChI=1S/C12H18N2OS/c1-9-11(10(2)15)16-12(13-9)14-7-5-3-4-6-8-14/h3-8H2,1-2H3. The first-order valence-corrected chi connectivity index (χ1v) is 6.73. The van der Waals surface area contributed by atoms with Gasteiger partial charge in [0.1, 0.15) is 0 Å². The molecule has 1 aliphatic rings. The minimum Gasteiger partial charge on any atom is -0.348 e. The number of hydrogen-bond donors (Lipinski definition) is 0. The number of carbonyl (C=O) groups excluding carboxylic acids is 1. The molecule has 4 heteroatoms. The zero-order valence-corrected chi connectivity index (χ0v) is 10.8. The Hall–Kier alpha value is -0.900. The summed E-state index contributed by atoms with van der Waals surface area (Å²) < 4.78 is 0. The van der Waals surface area contributed by atoms with Gasteiger partial charge in [-0.2, -0.15) is 0 Å². The van der Waals surface area contributed by atoms with Crippen molar-refractivity contribution in [3.05, 3.63) is 10.6 Å². The third kappa shape index (κ3) is 2.43. The van der Waals surface area contributed by atoms with Crippen molar-refractivity contribution < 1.29 is 4.79 Å². The van der Waals surface area contributed by atoms with Crippen LogP contribution in [0.2, 0.25) is 0 Å². The largest absolute Gasteiger partial charge is 0.348 e. The lowest BCUT2D eigenvalue weighted by atomic mass is 10.2. The van der Waals surface area contributed by atoms with E-state index >= 15 is 0 Å². The molecule has 0 atom stereocenters. The molecule has 0 aliphatic carbocycles. The summed E-state index contributed by atoms with van der Waals surface area (Å²) in [6.07, 6.45) is 5.13. The summed E-state index contributed by atoms with van der Waals surface area (Å²) in [5.74, 6) is 0.135. The van der Waals surface area contributed by atoms with Crippen LogP contribution in [0.3, 0.4) is 0 Å². The first-order valence-electron chi connectivity index (χ1n) is 5.92. The van der Waals surface area contributed by atoms with Gasteiger partial charge in [-0.05, 0) is 19.8 Å². The molecule has 0 amide bonds. The predicted molar refractivity (Wildman–Crippen MR) is 67.5 cm³/mol. The van der Waals surface area contributed by atoms with Crippen molar-refractivity contribution in [3.8, 4) is 0 Å². The van der Waals surface area contributed by atoms with Gasteiger partial charge in [0.05, 0.1) is 10.6 Å². The number of Topliss-reactive ketones (excluding diaryl/α,β-unsaturated/α-hetero) is 1. The molecule has 1 aromatic heterocycles. The quantitative estimate of drug-likeness (QED) is 0.742. The Balaban J connectivity index is 2.19. The molecule has 2 rings (SSSR count). The number of nitrogens with zero attached hydrogens (tertiary/aromatic N) is 2. The van der Waals surface area contributed by atoms with E-state index in [0.29, 0.717) is 0 Å². The highest BCUT2D eigenvalue weighted by Crippen LogP contribution is 2.28. The zero-order valence-electron chi connectivity index (χ0n) is 9.95. The van der Waals surface area contributed by atoms with E-state index in [-0.39, 0.29) is 5.78 Å². The number of rotatable bonds is 2. The molecule has 1 fully saturated rings. The van der Waals surface area contributed by atoms with Crippen molar-refractivity contribution in [2.24, 2.45) is 0 Å². The molecular weight excluding hydrogens is 220 g/mol. The summed E-state index contributed by atoms with van der Waals surface area (Å²) in [5.41, 5.74) is 0.886. The van der Waals surface area contributed by atoms with Gasteiger partial charge < -0.3 is 4.90 Å². The van der Waals surface area contributed by atoms with Crippen LogP contribution in [-0.2, 0) is 0 Å². The number of aryl methyl sites for hydroxylation is 1. The molecule has 0 saturated carbocycles. The summed E-state index contributed by atoms with van der Waals surface area (Å²) in [5, 5.41) is 1.03. The van der Waals surface area contributed by atoms with E-state index in [4.69, 9.17) is 0 Å². The number of thiazole rings is 1. The SMILES string of the molecule is CC(=O)c1sc(N2CCCCCC2)nc1C. The van der Waals surface area contributed by atoms with Crippen LogP contribution in [0.4, 0.5) is 5.13 Å². The third-order valence-corrected chi connectivity index (χ3v) is 4.30. The van der Waals surface area contributed by atoms with E-state index in [1.807, 2.05) is 6.92 Å². The molecule has 88 valence electrons. The molecule has 0 bridgehead atoms. The predicted octanol–water partition coefficient (Wildman–Crippen LogP) is 3.03. The molecule has 3 nitrogen and oxygen atoms in total. The number of aromatic nitrogens is 1. The Morgan fingerprint density at radius 1 is 1.25 bits per heavy atom. The van der Waals surface area contributed by atoms with Crippen LogP contribution in [0.5, 0.6) is 0 Å². The Labute approximate surface area is 100 Å². The fraction of sp³-hybridized carbons (Fsp3) is 0.667. The molecule has 0 unspecified atom stereocenters. The van der Waals surface area contributed by atoms with Crippen LogP contribution in [0, 0.1) is 6.92 Å². The second-order valence-electron chi connectivity index (χ2n) is 4.37. The van der Waals surface area contributed by atoms with Crippen molar-refractivity contribution in [1.82, 2.24) is 4.98 Å². The van der Waals surface area contributed by atoms with Gasteiger partial charge >= 0.3 is 0 Å². The van der Waals surface area contributed by atoms with Crippen LogP contribution in [-0.4, -0.2) is 23.9 Å². The van der Waals surface area contributed by atoms with E-state index in [1.54, 1.807) is 18.3 Å². The van der Waals surface area contributed by atoms with Gasteiger partial charge in [-0.1, -0.05) is 24.2 Å². The number of carbonyl (C=O) groups is 1. The van der Waals surface area contributed by atoms with E-state index in [0.717, 1.165) is 28.8 Å². The Morgan fingerprint density at radius 2 is 1.88 bits per heavy atom. The minimum atomic E-state index is 0.135. The topological polar surface area (TPSA) is 33.2 Å². The van der Waals surface area contributed by atoms with E-state index in [9.17, 15) is 4.79 Å². The fourth-order valence-corrected chi connectivity index (χ4v) is 3.12. The first-order chi connectivity index (χ1) is 7.68. The lowest BCUT2D eigenvalue weighted by Crippen LogP contribution is -2.23. The van der Waals surface area contributed by atoms with Crippen LogP contribution in [0.15, 0.2) is 0 Å². The zero-order chi connectivity index (χ0) is 11.5. The van der Waals surface area contributed by atoms with Crippen LogP contribution in [0.25, 0.3) is 0 Å². The maximum Gasteiger partial charge on any atom is 0.186 e. The first kappa shape index (κ1) is 11.6. The number of hydrogen-bond acceptors (Lipinski definition) is 4. The van der Waals surface area contributed by atoms with Crippen molar-refractivity contribution in [2.45, 2.75) is 39.5 Å². The molecule has 0 aromatic carbocycles. The highest BCUT2D eigenvalue weighted by molar-refractivity contribution is 7.17. The molecule has 1 aromatic rings. The number of ketones is 1. The van der Waals surface area contributed by atoms with Crippen LogP contribution >= 0.6 is 11.3 Å². The maximum absolute atomic E-state index is 11.4. The van der Waals surface area contributed by atoms with Gasteiger partial charge in [0.25, 0.3) is 0 Å². The Bertz CT molecular complexity index is 378. The molecule has 2 heterocycles. The average Bonchev–Trinajstić information content (AvgIpc) is 2.50. The molecular formula is C12H18N2OS. The van der Waals surface area contributed by atoms with Crippen molar-refractivity contribution in [3.63, 3.8) is 0 Å². The van der Waals surface area contributed by atoms with Gasteiger partial charge in [-0.3, -0.25) is 4.79 Å². The molecule has 16 heavy (non-hydrogen) atoms. The van der Waals surface area contributed by atoms with Crippen molar-refractivity contribution >= 4 is 22.3 Å². The summed E-state index contributed by atoms with van der Waals surface area (Å²) >= 11 is 1.55. The second-order valence-corrected chi connectivity index (χ2v) is 5.35. The third-order valence-electron chi connectivity index (χ3n) is 2.98. The van der Waals surface area contributed by atoms with E-state index in [2.05, 4.69) is 9.88 Å². The highest BCUT2D eigenvalue weighted by Gasteiger charge is 2.17. The summed E-state index contributed by atoms with van der Waals surface area (Å²) in [4.78, 5) is 19.1. The molecule has 0 spiro atoms. The lowest BCUT2D eigenvalue weighted by Gasteiger charge is -2.18. The molecule has 0 N–H and O–H groups in total. The minimum absolute atomic E-state index is 0.135. The van der Waals surface area contributed by atoms with Crippen LogP contribution in [0.1, 0.15) is 48.0 Å². The smallest absolute Gasteiger partial charge is 0.186 e. The summed E-state index contributed by atoms with van der Waals surface area (Å²) in [7, 11) is 0. The lowest BCUT2D eigenvalue weighted by molar-refractivity contribution is 0.102. The van der Waals surface area contributed by atoms with Gasteiger partial charge in [0.15, 0.2) is 10.9 Å². The van der Waals surface area contributed by atoms with Gasteiger partial charge in [-0.25, -0.2) is 4.98 Å². The monoisotopic (exact) mass is 238 g/mol. The van der Waals surface area contributed by atoms with Crippen molar-refractivity contribution in [2.75, 3.05) is 18.0 Å². The Morgan fingerprint density at radius 3 is 2.38 bits per heavy atom. The van der Waals surface area contributed by atoms with Gasteiger partial charge in [0, 0.05) is 20.0 Å². The number of anilines is 1. The highest BCUT2D eigenvalue weighted by atomic mass is 32.1. The van der Waals surface area contributed by atoms with Crippen molar-refractivity contribution in [1.29, 1.82) is 0 Å². The van der Waals surface area contributed by atoms with Gasteiger partial charge in [-0.15, -0.1) is 0 Å². The molecule has 1 saturated heterocycles. The molecule has 0 radical (unpaired) electrons. The summed E-state index contributed by atoms with van der Waals surface area (Å²) in [6, 6.07) is 0. The maximum atomic E-state index is 11.4. The average molecular weight is 238 g/mol. The van der Waals surface area contributed by atoms with Crippen LogP contribution < -0.4 is 4.90 Å². The molecule has 1 aliphatic heterocycles. The van der Waals surface area contributed by atoms with Gasteiger partial charge in [0.2, 0.25) is 0 Å². The Kier molecular flexibility index (Phi) is 3.59. The normalized spacial score (nSPS) is 17.2.